The van der Waals surface area contributed by atoms with E-state index in [1.165, 1.54) is 7.11 Å². The van der Waals surface area contributed by atoms with Gasteiger partial charge in [-0.2, -0.15) is 0 Å². The van der Waals surface area contributed by atoms with Crippen LogP contribution in [0.3, 0.4) is 0 Å². The van der Waals surface area contributed by atoms with E-state index >= 15 is 0 Å². The van der Waals surface area contributed by atoms with Gasteiger partial charge in [-0.25, -0.2) is 0 Å². The number of ketones is 1. The molecule has 5 heteroatoms. The van der Waals surface area contributed by atoms with Crippen LogP contribution in [-0.2, 0) is 19.7 Å². The molecule has 5 nitrogen and oxygen atoms in total. The van der Waals surface area contributed by atoms with Crippen LogP contribution in [-0.4, -0.2) is 32.1 Å². The second-order valence-corrected chi connectivity index (χ2v) is 6.00. The Kier molecular flexibility index (Phi) is 2.88. The fraction of sp³-hybridized carbons (Fsp3) is 0.333. The van der Waals surface area contributed by atoms with Crippen molar-refractivity contribution < 1.29 is 23.8 Å². The van der Waals surface area contributed by atoms with Crippen molar-refractivity contribution in [2.24, 2.45) is 5.92 Å². The molecule has 0 saturated heterocycles. The monoisotopic (exact) mass is 312 g/mol. The Morgan fingerprint density at radius 2 is 2.04 bits per heavy atom. The third-order valence-corrected chi connectivity index (χ3v) is 5.01. The number of esters is 1. The number of carbonyl (C=O) groups is 2. The zero-order valence-electron chi connectivity index (χ0n) is 12.9. The molecule has 0 aromatic heterocycles. The zero-order chi connectivity index (χ0) is 16.2. The Morgan fingerprint density at radius 3 is 2.78 bits per heavy atom. The van der Waals surface area contributed by atoms with Gasteiger partial charge in [0.15, 0.2) is 23.4 Å². The minimum Gasteiger partial charge on any atom is -0.493 e. The summed E-state index contributed by atoms with van der Waals surface area (Å²) in [6.45, 7) is 0. The van der Waals surface area contributed by atoms with Crippen LogP contribution >= 0.6 is 0 Å². The summed E-state index contributed by atoms with van der Waals surface area (Å²) in [5, 5.41) is 0. The summed E-state index contributed by atoms with van der Waals surface area (Å²) in [6, 6.07) is 3.75. The van der Waals surface area contributed by atoms with Gasteiger partial charge < -0.3 is 14.2 Å². The number of rotatable bonds is 3. The Hall–Kier alpha value is -2.56. The number of carbonyl (C=O) groups excluding carboxylic acids is 2. The minimum atomic E-state index is -0.757. The lowest BCUT2D eigenvalue weighted by atomic mass is 9.59. The molecular formula is C18H16O5. The molecule has 1 aliphatic heterocycles. The molecule has 1 heterocycles. The van der Waals surface area contributed by atoms with Crippen LogP contribution < -0.4 is 9.47 Å². The average Bonchev–Trinajstić information content (AvgIpc) is 2.91. The average molecular weight is 312 g/mol. The van der Waals surface area contributed by atoms with Crippen molar-refractivity contribution in [3.05, 3.63) is 41.5 Å². The van der Waals surface area contributed by atoms with Crippen molar-refractivity contribution in [1.29, 1.82) is 0 Å². The fourth-order valence-corrected chi connectivity index (χ4v) is 3.99. The maximum Gasteiger partial charge on any atom is 0.306 e. The van der Waals surface area contributed by atoms with Crippen LogP contribution in [0.2, 0.25) is 0 Å². The van der Waals surface area contributed by atoms with E-state index in [9.17, 15) is 9.59 Å². The molecule has 0 amide bonds. The molecule has 118 valence electrons. The number of hydrogen-bond donors (Lipinski definition) is 0. The lowest BCUT2D eigenvalue weighted by molar-refractivity contribution is -0.144. The van der Waals surface area contributed by atoms with Gasteiger partial charge in [-0.05, 0) is 17.7 Å². The molecule has 4 rings (SSSR count). The standard InChI is InChI=1S/C18H16O5/c1-21-13-8-4-10-3-5-11-6-7-12(19)17-18(11,9-14(20)22-2)15(10)16(13)23-17/h3-8,11,17H,9H2,1-2H3/t11-,17+,18+/m1/s1. The van der Waals surface area contributed by atoms with Crippen LogP contribution in [0.1, 0.15) is 17.5 Å². The van der Waals surface area contributed by atoms with Crippen molar-refractivity contribution in [3.8, 4) is 11.5 Å². The van der Waals surface area contributed by atoms with Crippen molar-refractivity contribution in [2.75, 3.05) is 14.2 Å². The quantitative estimate of drug-likeness (QED) is 0.799. The summed E-state index contributed by atoms with van der Waals surface area (Å²) >= 11 is 0. The predicted octanol–water partition coefficient (Wildman–Crippen LogP) is 2.04. The largest absolute Gasteiger partial charge is 0.493 e. The number of benzene rings is 1. The van der Waals surface area contributed by atoms with Crippen molar-refractivity contribution >= 4 is 17.8 Å². The first-order valence-electron chi connectivity index (χ1n) is 7.47. The molecule has 3 aliphatic rings. The molecule has 0 radical (unpaired) electrons. The van der Waals surface area contributed by atoms with E-state index in [4.69, 9.17) is 14.2 Å². The molecule has 1 aromatic rings. The van der Waals surface area contributed by atoms with E-state index in [0.29, 0.717) is 11.5 Å². The van der Waals surface area contributed by atoms with Gasteiger partial charge in [-0.15, -0.1) is 0 Å². The number of allylic oxidation sites excluding steroid dienone is 2. The van der Waals surface area contributed by atoms with E-state index in [0.717, 1.165) is 11.1 Å². The van der Waals surface area contributed by atoms with Gasteiger partial charge >= 0.3 is 5.97 Å². The van der Waals surface area contributed by atoms with Gasteiger partial charge in [0.2, 0.25) is 0 Å². The first-order valence-corrected chi connectivity index (χ1v) is 7.47. The van der Waals surface area contributed by atoms with Crippen molar-refractivity contribution in [1.82, 2.24) is 0 Å². The zero-order valence-corrected chi connectivity index (χ0v) is 12.9. The summed E-state index contributed by atoms with van der Waals surface area (Å²) in [4.78, 5) is 24.6. The predicted molar refractivity (Wildman–Crippen MR) is 82.4 cm³/mol. The highest BCUT2D eigenvalue weighted by molar-refractivity contribution is 5.99. The van der Waals surface area contributed by atoms with E-state index < -0.39 is 11.5 Å². The Bertz CT molecular complexity index is 776. The van der Waals surface area contributed by atoms with Gasteiger partial charge in [-0.3, -0.25) is 9.59 Å². The Balaban J connectivity index is 2.01. The highest BCUT2D eigenvalue weighted by atomic mass is 16.5. The summed E-state index contributed by atoms with van der Waals surface area (Å²) in [5.41, 5.74) is 1.07. The van der Waals surface area contributed by atoms with Gasteiger partial charge in [0, 0.05) is 11.5 Å². The van der Waals surface area contributed by atoms with E-state index in [1.807, 2.05) is 30.4 Å². The van der Waals surface area contributed by atoms with Crippen molar-refractivity contribution in [2.45, 2.75) is 17.9 Å². The molecule has 3 atom stereocenters. The highest BCUT2D eigenvalue weighted by Crippen LogP contribution is 2.59. The van der Waals surface area contributed by atoms with E-state index in [-0.39, 0.29) is 24.1 Å². The number of methoxy groups -OCH3 is 2. The van der Waals surface area contributed by atoms with Crippen LogP contribution in [0.5, 0.6) is 11.5 Å². The van der Waals surface area contributed by atoms with Crippen LogP contribution in [0.4, 0.5) is 0 Å². The van der Waals surface area contributed by atoms with Gasteiger partial charge in [0.05, 0.1) is 26.1 Å². The summed E-state index contributed by atoms with van der Waals surface area (Å²) < 4.78 is 16.3. The van der Waals surface area contributed by atoms with Gasteiger partial charge in [0.1, 0.15) is 0 Å². The first kappa shape index (κ1) is 14.1. The molecule has 1 aromatic carbocycles. The van der Waals surface area contributed by atoms with Gasteiger partial charge in [0.25, 0.3) is 0 Å². The Labute approximate surface area is 133 Å². The smallest absolute Gasteiger partial charge is 0.306 e. The minimum absolute atomic E-state index is 0.0897. The maximum absolute atomic E-state index is 12.5. The molecule has 0 spiro atoms. The van der Waals surface area contributed by atoms with Gasteiger partial charge in [-0.1, -0.05) is 24.3 Å². The lowest BCUT2D eigenvalue weighted by Gasteiger charge is -2.41. The third kappa shape index (κ3) is 1.67. The molecule has 2 aliphatic carbocycles. The molecule has 0 unspecified atom stereocenters. The topological polar surface area (TPSA) is 61.8 Å². The lowest BCUT2D eigenvalue weighted by Crippen LogP contribution is -2.52. The molecule has 0 N–H and O–H groups in total. The van der Waals surface area contributed by atoms with Crippen molar-refractivity contribution in [3.63, 3.8) is 0 Å². The Morgan fingerprint density at radius 1 is 1.26 bits per heavy atom. The molecule has 0 bridgehead atoms. The second kappa shape index (κ2) is 4.72. The molecule has 23 heavy (non-hydrogen) atoms. The number of hydrogen-bond acceptors (Lipinski definition) is 5. The highest BCUT2D eigenvalue weighted by Gasteiger charge is 2.60. The molecule has 0 fully saturated rings. The summed E-state index contributed by atoms with van der Waals surface area (Å²) in [5.74, 6) is 0.549. The maximum atomic E-state index is 12.5. The van der Waals surface area contributed by atoms with Crippen LogP contribution in [0.25, 0.3) is 6.08 Å². The number of ether oxygens (including phenoxy) is 3. The second-order valence-electron chi connectivity index (χ2n) is 6.00. The molecule has 0 saturated carbocycles. The normalized spacial score (nSPS) is 29.0. The third-order valence-electron chi connectivity index (χ3n) is 5.01. The fourth-order valence-electron chi connectivity index (χ4n) is 3.99. The SMILES string of the molecule is COC(=O)C[C@]12c3c4ccc(OC)c3O[C@H]1C(=O)C=C[C@H]2C=C4. The van der Waals surface area contributed by atoms with E-state index in [2.05, 4.69) is 0 Å². The molecular weight excluding hydrogens is 296 g/mol. The first-order chi connectivity index (χ1) is 11.1. The summed E-state index contributed by atoms with van der Waals surface area (Å²) in [6.07, 6.45) is 6.77. The van der Waals surface area contributed by atoms with Crippen LogP contribution in [0, 0.1) is 5.92 Å². The summed E-state index contributed by atoms with van der Waals surface area (Å²) in [7, 11) is 2.92. The van der Waals surface area contributed by atoms with Crippen LogP contribution in [0.15, 0.2) is 30.4 Å². The van der Waals surface area contributed by atoms with E-state index in [1.54, 1.807) is 13.2 Å².